The Morgan fingerprint density at radius 1 is 1.30 bits per heavy atom. The normalized spacial score (nSPS) is 20.1. The Morgan fingerprint density at radius 3 is 2.85 bits per heavy atom. The summed E-state index contributed by atoms with van der Waals surface area (Å²) >= 11 is 3.80. The highest BCUT2D eigenvalue weighted by atomic mass is 32.2. The molecule has 1 aliphatic rings. The van der Waals surface area contributed by atoms with E-state index in [0.29, 0.717) is 5.92 Å². The average molecular weight is 305 g/mol. The highest BCUT2D eigenvalue weighted by Crippen LogP contribution is 2.35. The lowest BCUT2D eigenvalue weighted by Gasteiger charge is -2.15. The van der Waals surface area contributed by atoms with Gasteiger partial charge in [0.05, 0.1) is 6.04 Å². The van der Waals surface area contributed by atoms with E-state index >= 15 is 0 Å². The maximum Gasteiger partial charge on any atom is 0.139 e. The Kier molecular flexibility index (Phi) is 4.70. The monoisotopic (exact) mass is 305 g/mol. The molecule has 0 saturated carbocycles. The summed E-state index contributed by atoms with van der Waals surface area (Å²) in [5, 5.41) is 14.7. The third-order valence-corrected chi connectivity index (χ3v) is 5.84. The minimum atomic E-state index is 0.168. The second kappa shape index (κ2) is 6.70. The lowest BCUT2D eigenvalue weighted by Crippen LogP contribution is -2.21. The van der Waals surface area contributed by atoms with Gasteiger partial charge in [0.25, 0.3) is 0 Å². The topological polar surface area (TPSA) is 37.8 Å². The summed E-state index contributed by atoms with van der Waals surface area (Å²) in [6.07, 6.45) is 1.25. The third-order valence-electron chi connectivity index (χ3n) is 3.52. The van der Waals surface area contributed by atoms with Crippen molar-refractivity contribution < 1.29 is 0 Å². The Hall–Kier alpha value is -0.910. The van der Waals surface area contributed by atoms with Crippen molar-refractivity contribution in [3.05, 3.63) is 45.9 Å². The number of benzene rings is 1. The lowest BCUT2D eigenvalue weighted by molar-refractivity contribution is 0.620. The highest BCUT2D eigenvalue weighted by Gasteiger charge is 2.24. The van der Waals surface area contributed by atoms with Crippen LogP contribution >= 0.6 is 23.1 Å². The first-order chi connectivity index (χ1) is 9.88. The molecule has 5 heteroatoms. The number of hydrogen-bond acceptors (Lipinski definition) is 5. The van der Waals surface area contributed by atoms with Gasteiger partial charge in [-0.1, -0.05) is 48.6 Å². The van der Waals surface area contributed by atoms with E-state index in [4.69, 9.17) is 0 Å². The van der Waals surface area contributed by atoms with Gasteiger partial charge in [0, 0.05) is 11.7 Å². The van der Waals surface area contributed by atoms with Crippen LogP contribution in [-0.4, -0.2) is 28.2 Å². The molecule has 20 heavy (non-hydrogen) atoms. The van der Waals surface area contributed by atoms with Crippen LogP contribution in [0.1, 0.15) is 40.9 Å². The quantitative estimate of drug-likeness (QED) is 0.918. The van der Waals surface area contributed by atoms with Gasteiger partial charge in [-0.3, -0.25) is 0 Å². The van der Waals surface area contributed by atoms with Crippen LogP contribution in [0.15, 0.2) is 30.3 Å². The smallest absolute Gasteiger partial charge is 0.139 e. The second-order valence-corrected chi connectivity index (χ2v) is 7.13. The van der Waals surface area contributed by atoms with Gasteiger partial charge in [0.15, 0.2) is 0 Å². The van der Waals surface area contributed by atoms with E-state index in [1.165, 1.54) is 28.5 Å². The molecule has 1 saturated heterocycles. The fourth-order valence-corrected chi connectivity index (χ4v) is 4.87. The molecule has 1 aromatic carbocycles. The Balaban J connectivity index is 1.84. The van der Waals surface area contributed by atoms with Crippen molar-refractivity contribution in [2.75, 3.05) is 18.1 Å². The molecule has 0 radical (unpaired) electrons. The van der Waals surface area contributed by atoms with E-state index in [1.807, 2.05) is 17.8 Å². The van der Waals surface area contributed by atoms with Gasteiger partial charge < -0.3 is 5.32 Å². The molecule has 1 aromatic heterocycles. The van der Waals surface area contributed by atoms with Gasteiger partial charge in [-0.2, -0.15) is 11.8 Å². The average Bonchev–Trinajstić information content (AvgIpc) is 3.16. The van der Waals surface area contributed by atoms with Crippen molar-refractivity contribution in [3.63, 3.8) is 0 Å². The summed E-state index contributed by atoms with van der Waals surface area (Å²) in [4.78, 5) is 0. The van der Waals surface area contributed by atoms with Crippen LogP contribution < -0.4 is 5.32 Å². The van der Waals surface area contributed by atoms with Crippen molar-refractivity contribution in [1.82, 2.24) is 15.5 Å². The van der Waals surface area contributed by atoms with Crippen molar-refractivity contribution >= 4 is 23.1 Å². The molecule has 3 rings (SSSR count). The number of hydrogen-bond donors (Lipinski definition) is 1. The van der Waals surface area contributed by atoms with Crippen LogP contribution in [0.4, 0.5) is 0 Å². The van der Waals surface area contributed by atoms with Crippen LogP contribution in [0.3, 0.4) is 0 Å². The van der Waals surface area contributed by atoms with Gasteiger partial charge in [0.1, 0.15) is 10.0 Å². The van der Waals surface area contributed by atoms with Crippen LogP contribution in [0.2, 0.25) is 0 Å². The van der Waals surface area contributed by atoms with Gasteiger partial charge in [0.2, 0.25) is 0 Å². The summed E-state index contributed by atoms with van der Waals surface area (Å²) < 4.78 is 0. The van der Waals surface area contributed by atoms with E-state index in [1.54, 1.807) is 11.3 Å². The summed E-state index contributed by atoms with van der Waals surface area (Å²) in [6, 6.07) is 10.7. The van der Waals surface area contributed by atoms with Crippen molar-refractivity contribution in [2.45, 2.75) is 25.3 Å². The molecular weight excluding hydrogens is 286 g/mol. The standard InChI is InChI=1S/C15H19N3S2/c1-2-16-13(11-6-4-3-5-7-11)15-18-17-14(20-15)12-8-9-19-10-12/h3-7,12-13,16H,2,8-10H2,1H3. The van der Waals surface area contributed by atoms with Crippen LogP contribution in [-0.2, 0) is 0 Å². The molecule has 3 nitrogen and oxygen atoms in total. The fraction of sp³-hybridized carbons (Fsp3) is 0.467. The Labute approximate surface area is 128 Å². The van der Waals surface area contributed by atoms with E-state index in [9.17, 15) is 0 Å². The minimum absolute atomic E-state index is 0.168. The predicted molar refractivity (Wildman–Crippen MR) is 86.6 cm³/mol. The molecule has 0 aliphatic carbocycles. The van der Waals surface area contributed by atoms with E-state index < -0.39 is 0 Å². The fourth-order valence-electron chi connectivity index (χ4n) is 2.45. The molecule has 1 fully saturated rings. The molecular formula is C15H19N3S2. The van der Waals surface area contributed by atoms with Crippen LogP contribution in [0, 0.1) is 0 Å². The number of thioether (sulfide) groups is 1. The van der Waals surface area contributed by atoms with E-state index in [-0.39, 0.29) is 6.04 Å². The first-order valence-corrected chi connectivity index (χ1v) is 9.05. The molecule has 2 atom stereocenters. The van der Waals surface area contributed by atoms with Gasteiger partial charge >= 0.3 is 0 Å². The summed E-state index contributed by atoms with van der Waals surface area (Å²) in [5.41, 5.74) is 1.26. The van der Waals surface area contributed by atoms with Gasteiger partial charge in [-0.25, -0.2) is 0 Å². The second-order valence-electron chi connectivity index (χ2n) is 4.94. The van der Waals surface area contributed by atoms with Gasteiger partial charge in [-0.15, -0.1) is 10.2 Å². The molecule has 1 N–H and O–H groups in total. The van der Waals surface area contributed by atoms with Crippen LogP contribution in [0.25, 0.3) is 0 Å². The minimum Gasteiger partial charge on any atom is -0.304 e. The highest BCUT2D eigenvalue weighted by molar-refractivity contribution is 7.99. The summed E-state index contributed by atoms with van der Waals surface area (Å²) in [5.74, 6) is 3.07. The SMILES string of the molecule is CCNC(c1ccccc1)c1nnc(C2CCSC2)s1. The van der Waals surface area contributed by atoms with Crippen molar-refractivity contribution in [3.8, 4) is 0 Å². The molecule has 2 unspecified atom stereocenters. The van der Waals surface area contributed by atoms with Crippen molar-refractivity contribution in [1.29, 1.82) is 0 Å². The number of rotatable bonds is 5. The molecule has 106 valence electrons. The lowest BCUT2D eigenvalue weighted by atomic mass is 10.1. The molecule has 0 bridgehead atoms. The number of nitrogens with zero attached hydrogens (tertiary/aromatic N) is 2. The van der Waals surface area contributed by atoms with E-state index in [0.717, 1.165) is 11.6 Å². The number of aromatic nitrogens is 2. The molecule has 0 amide bonds. The maximum absolute atomic E-state index is 4.45. The molecule has 2 heterocycles. The number of nitrogens with one attached hydrogen (secondary N) is 1. The third kappa shape index (κ3) is 3.05. The van der Waals surface area contributed by atoms with Crippen molar-refractivity contribution in [2.24, 2.45) is 0 Å². The zero-order valence-corrected chi connectivity index (χ0v) is 13.2. The zero-order valence-electron chi connectivity index (χ0n) is 11.6. The first kappa shape index (κ1) is 14.0. The maximum atomic E-state index is 4.45. The molecule has 1 aliphatic heterocycles. The van der Waals surface area contributed by atoms with Crippen LogP contribution in [0.5, 0.6) is 0 Å². The van der Waals surface area contributed by atoms with Gasteiger partial charge in [-0.05, 0) is 24.3 Å². The summed E-state index contributed by atoms with van der Waals surface area (Å²) in [7, 11) is 0. The Morgan fingerprint density at radius 2 is 2.15 bits per heavy atom. The van der Waals surface area contributed by atoms with E-state index in [2.05, 4.69) is 46.7 Å². The predicted octanol–water partition coefficient (Wildman–Crippen LogP) is 3.46. The zero-order chi connectivity index (χ0) is 13.8. The molecule has 2 aromatic rings. The summed E-state index contributed by atoms with van der Waals surface area (Å²) in [6.45, 7) is 3.05. The first-order valence-electron chi connectivity index (χ1n) is 7.08. The largest absolute Gasteiger partial charge is 0.304 e. The molecule has 0 spiro atoms. The Bertz CT molecular complexity index is 535.